The van der Waals surface area contributed by atoms with Crippen LogP contribution in [0.25, 0.3) is 5.69 Å². The van der Waals surface area contributed by atoms with E-state index in [1.807, 2.05) is 44.2 Å². The number of hydrogen-bond acceptors (Lipinski definition) is 5. The van der Waals surface area contributed by atoms with E-state index in [-0.39, 0.29) is 0 Å². The molecule has 0 spiro atoms. The molecule has 0 aliphatic rings. The minimum absolute atomic E-state index is 0.970. The molecule has 5 nitrogen and oxygen atoms in total. The van der Waals surface area contributed by atoms with E-state index in [9.17, 15) is 0 Å². The van der Waals surface area contributed by atoms with Crippen LogP contribution in [0.2, 0.25) is 0 Å². The molecule has 3 rings (SSSR count). The molecule has 18 heavy (non-hydrogen) atoms. The molecule has 2 heterocycles. The smallest absolute Gasteiger partial charge is 0.143 e. The third kappa shape index (κ3) is 3.46. The summed E-state index contributed by atoms with van der Waals surface area (Å²) in [4.78, 5) is 4.13. The van der Waals surface area contributed by atoms with Crippen LogP contribution in [0.1, 0.15) is 10.7 Å². The Labute approximate surface area is 109 Å². The van der Waals surface area contributed by atoms with Crippen molar-refractivity contribution in [1.29, 1.82) is 0 Å². The maximum absolute atomic E-state index is 4.13. The standard InChI is InChI=1S/C7H6N4.C5H7NS/c1-2-4-7(5-3-1)11-6-8-9-10-11;1-4-3-7-5(2)6-4/h1-6H;3H,1-2H3. The van der Waals surface area contributed by atoms with Crippen molar-refractivity contribution in [2.24, 2.45) is 0 Å². The van der Waals surface area contributed by atoms with Crippen LogP contribution in [0.15, 0.2) is 42.0 Å². The summed E-state index contributed by atoms with van der Waals surface area (Å²) in [6, 6.07) is 9.72. The van der Waals surface area contributed by atoms with Gasteiger partial charge in [0.15, 0.2) is 0 Å². The minimum atomic E-state index is 0.970. The zero-order chi connectivity index (χ0) is 12.8. The molecule has 0 saturated carbocycles. The number of hydrogen-bond donors (Lipinski definition) is 0. The fourth-order valence-corrected chi connectivity index (χ4v) is 1.92. The Balaban J connectivity index is 0.000000149. The minimum Gasteiger partial charge on any atom is -0.247 e. The van der Waals surface area contributed by atoms with Gasteiger partial charge in [-0.15, -0.1) is 16.4 Å². The molecule has 0 atom stereocenters. The van der Waals surface area contributed by atoms with Crippen LogP contribution in [0, 0.1) is 13.8 Å². The fourth-order valence-electron chi connectivity index (χ4n) is 1.33. The summed E-state index contributed by atoms with van der Waals surface area (Å²) < 4.78 is 1.61. The maximum atomic E-state index is 4.13. The topological polar surface area (TPSA) is 56.5 Å². The zero-order valence-corrected chi connectivity index (χ0v) is 11.0. The second-order valence-electron chi connectivity index (χ2n) is 3.60. The molecule has 92 valence electrons. The SMILES string of the molecule is Cc1csc(C)n1.c1ccc(-n2cnnn2)cc1. The number of rotatable bonds is 1. The summed E-state index contributed by atoms with van der Waals surface area (Å²) in [6.45, 7) is 4.02. The largest absolute Gasteiger partial charge is 0.247 e. The molecular weight excluding hydrogens is 246 g/mol. The van der Waals surface area contributed by atoms with Gasteiger partial charge in [-0.05, 0) is 36.4 Å². The molecule has 0 aliphatic carbocycles. The van der Waals surface area contributed by atoms with Crippen molar-refractivity contribution in [2.75, 3.05) is 0 Å². The summed E-state index contributed by atoms with van der Waals surface area (Å²) in [7, 11) is 0. The van der Waals surface area contributed by atoms with Gasteiger partial charge in [-0.25, -0.2) is 9.67 Å². The molecule has 0 amide bonds. The van der Waals surface area contributed by atoms with E-state index in [0.29, 0.717) is 0 Å². The first-order chi connectivity index (χ1) is 8.75. The van der Waals surface area contributed by atoms with Crippen LogP contribution in [0.3, 0.4) is 0 Å². The van der Waals surface area contributed by atoms with Gasteiger partial charge in [0.05, 0.1) is 10.7 Å². The molecule has 0 bridgehead atoms. The van der Waals surface area contributed by atoms with Crippen LogP contribution in [0.5, 0.6) is 0 Å². The highest BCUT2D eigenvalue weighted by molar-refractivity contribution is 7.09. The Morgan fingerprint density at radius 2 is 1.89 bits per heavy atom. The van der Waals surface area contributed by atoms with Crippen molar-refractivity contribution < 1.29 is 0 Å². The fraction of sp³-hybridized carbons (Fsp3) is 0.167. The van der Waals surface area contributed by atoms with Crippen molar-refractivity contribution in [3.05, 3.63) is 52.7 Å². The monoisotopic (exact) mass is 259 g/mol. The summed E-state index contributed by atoms with van der Waals surface area (Å²) in [5.74, 6) is 0. The van der Waals surface area contributed by atoms with E-state index in [4.69, 9.17) is 0 Å². The van der Waals surface area contributed by atoms with E-state index < -0.39 is 0 Å². The lowest BCUT2D eigenvalue weighted by Crippen LogP contribution is -1.93. The molecule has 6 heteroatoms. The Bertz CT molecular complexity index is 557. The van der Waals surface area contributed by atoms with E-state index >= 15 is 0 Å². The number of benzene rings is 1. The summed E-state index contributed by atoms with van der Waals surface area (Å²) in [6.07, 6.45) is 1.56. The Kier molecular flexibility index (Phi) is 4.14. The van der Waals surface area contributed by atoms with Crippen LogP contribution >= 0.6 is 11.3 Å². The van der Waals surface area contributed by atoms with Crippen LogP contribution in [-0.2, 0) is 0 Å². The average molecular weight is 259 g/mol. The van der Waals surface area contributed by atoms with Crippen molar-refractivity contribution in [3.63, 3.8) is 0 Å². The molecule has 0 radical (unpaired) electrons. The Hall–Kier alpha value is -2.08. The summed E-state index contributed by atoms with van der Waals surface area (Å²) in [5.41, 5.74) is 2.10. The lowest BCUT2D eigenvalue weighted by molar-refractivity contribution is 0.789. The van der Waals surface area contributed by atoms with Gasteiger partial charge in [0.25, 0.3) is 0 Å². The first kappa shape index (κ1) is 12.4. The van der Waals surface area contributed by atoms with Gasteiger partial charge in [-0.2, -0.15) is 0 Å². The van der Waals surface area contributed by atoms with Gasteiger partial charge < -0.3 is 0 Å². The van der Waals surface area contributed by atoms with Crippen molar-refractivity contribution in [2.45, 2.75) is 13.8 Å². The van der Waals surface area contributed by atoms with Gasteiger partial charge in [-0.1, -0.05) is 18.2 Å². The second kappa shape index (κ2) is 6.02. The predicted octanol–water partition coefficient (Wildman–Crippen LogP) is 2.42. The van der Waals surface area contributed by atoms with Crippen LogP contribution < -0.4 is 0 Å². The highest BCUT2D eigenvalue weighted by atomic mass is 32.1. The van der Waals surface area contributed by atoms with E-state index in [0.717, 1.165) is 16.4 Å². The average Bonchev–Trinajstić information content (AvgIpc) is 3.03. The summed E-state index contributed by atoms with van der Waals surface area (Å²) in [5, 5.41) is 14.0. The Morgan fingerprint density at radius 1 is 1.11 bits per heavy atom. The number of thiazole rings is 1. The quantitative estimate of drug-likeness (QED) is 0.673. The van der Waals surface area contributed by atoms with Gasteiger partial charge in [0, 0.05) is 11.1 Å². The predicted molar refractivity (Wildman–Crippen MR) is 70.7 cm³/mol. The number of para-hydroxylation sites is 1. The summed E-state index contributed by atoms with van der Waals surface area (Å²) >= 11 is 1.69. The first-order valence-corrected chi connectivity index (χ1v) is 6.31. The van der Waals surface area contributed by atoms with Gasteiger partial charge >= 0.3 is 0 Å². The Morgan fingerprint density at radius 3 is 2.33 bits per heavy atom. The molecular formula is C12H13N5S. The zero-order valence-electron chi connectivity index (χ0n) is 10.2. The van der Waals surface area contributed by atoms with Gasteiger partial charge in [-0.3, -0.25) is 0 Å². The van der Waals surface area contributed by atoms with Crippen LogP contribution in [-0.4, -0.2) is 25.2 Å². The lowest BCUT2D eigenvalue weighted by Gasteiger charge is -1.94. The molecule has 0 N–H and O–H groups in total. The number of aryl methyl sites for hydroxylation is 2. The van der Waals surface area contributed by atoms with E-state index in [2.05, 4.69) is 25.9 Å². The lowest BCUT2D eigenvalue weighted by atomic mass is 10.3. The number of aromatic nitrogens is 5. The molecule has 0 saturated heterocycles. The highest BCUT2D eigenvalue weighted by Gasteiger charge is 1.92. The number of nitrogens with zero attached hydrogens (tertiary/aromatic N) is 5. The van der Waals surface area contributed by atoms with Gasteiger partial charge in [0.1, 0.15) is 6.33 Å². The third-order valence-electron chi connectivity index (χ3n) is 2.10. The third-order valence-corrected chi connectivity index (χ3v) is 2.99. The molecule has 2 aromatic heterocycles. The van der Waals surface area contributed by atoms with Crippen LogP contribution in [0.4, 0.5) is 0 Å². The van der Waals surface area contributed by atoms with E-state index in [1.54, 1.807) is 22.3 Å². The molecule has 0 aliphatic heterocycles. The van der Waals surface area contributed by atoms with Crippen molar-refractivity contribution in [3.8, 4) is 5.69 Å². The molecule has 3 aromatic rings. The molecule has 0 fully saturated rings. The normalized spacial score (nSPS) is 9.67. The molecule has 0 unspecified atom stereocenters. The number of tetrazole rings is 1. The van der Waals surface area contributed by atoms with E-state index in [1.165, 1.54) is 0 Å². The van der Waals surface area contributed by atoms with Gasteiger partial charge in [0.2, 0.25) is 0 Å². The van der Waals surface area contributed by atoms with Crippen molar-refractivity contribution in [1.82, 2.24) is 25.2 Å². The first-order valence-electron chi connectivity index (χ1n) is 5.43. The highest BCUT2D eigenvalue weighted by Crippen LogP contribution is 2.04. The maximum Gasteiger partial charge on any atom is 0.143 e. The van der Waals surface area contributed by atoms with Crippen molar-refractivity contribution >= 4 is 11.3 Å². The molecule has 1 aromatic carbocycles. The second-order valence-corrected chi connectivity index (χ2v) is 4.66.